The summed E-state index contributed by atoms with van der Waals surface area (Å²) in [6, 6.07) is 14.7. The molecule has 7 nitrogen and oxygen atoms in total. The Hall–Kier alpha value is -2.19. The highest BCUT2D eigenvalue weighted by Crippen LogP contribution is 2.27. The minimum Gasteiger partial charge on any atom is -1.00 e. The first-order chi connectivity index (χ1) is 14.0. The van der Waals surface area contributed by atoms with E-state index in [4.69, 9.17) is 21.1 Å². The van der Waals surface area contributed by atoms with E-state index in [-0.39, 0.29) is 19.0 Å². The summed E-state index contributed by atoms with van der Waals surface area (Å²) in [6.07, 6.45) is -1.30. The zero-order chi connectivity index (χ0) is 20.6. The number of methoxy groups -OCH3 is 1. The Balaban J connectivity index is 0.00000320. The van der Waals surface area contributed by atoms with Crippen LogP contribution in [0.5, 0.6) is 5.75 Å². The fraction of sp³-hybridized carbons (Fsp3) is 0.381. The van der Waals surface area contributed by atoms with E-state index >= 15 is 0 Å². The third-order valence-corrected chi connectivity index (χ3v) is 5.17. The number of ether oxygens (including phenoxy) is 2. The van der Waals surface area contributed by atoms with Crippen molar-refractivity contribution in [1.82, 2.24) is 0 Å². The largest absolute Gasteiger partial charge is 1.00 e. The Morgan fingerprint density at radius 1 is 1.20 bits per heavy atom. The predicted molar refractivity (Wildman–Crippen MR) is 113 cm³/mol. The van der Waals surface area contributed by atoms with E-state index in [2.05, 4.69) is 16.3 Å². The molecule has 2 aromatic rings. The third kappa shape index (κ3) is 6.95. The lowest BCUT2D eigenvalue weighted by Gasteiger charge is -2.34. The minimum absolute atomic E-state index is 0. The van der Waals surface area contributed by atoms with Gasteiger partial charge in [-0.25, -0.2) is 4.79 Å². The number of benzene rings is 2. The van der Waals surface area contributed by atoms with Gasteiger partial charge in [0.05, 0.1) is 39.0 Å². The van der Waals surface area contributed by atoms with E-state index in [0.717, 1.165) is 37.6 Å². The van der Waals surface area contributed by atoms with Crippen LogP contribution < -0.4 is 32.3 Å². The Kier molecular flexibility index (Phi) is 9.52. The molecule has 1 amide bonds. The Bertz CT molecular complexity index is 799. The van der Waals surface area contributed by atoms with Crippen LogP contribution in [-0.4, -0.2) is 63.7 Å². The van der Waals surface area contributed by atoms with E-state index in [0.29, 0.717) is 17.3 Å². The van der Waals surface area contributed by atoms with Gasteiger partial charge in [0, 0.05) is 10.7 Å². The van der Waals surface area contributed by atoms with Crippen LogP contribution in [0.1, 0.15) is 0 Å². The van der Waals surface area contributed by atoms with Crippen LogP contribution in [0, 0.1) is 0 Å². The lowest BCUT2D eigenvalue weighted by Crippen LogP contribution is -3.16. The summed E-state index contributed by atoms with van der Waals surface area (Å²) in [5.41, 5.74) is 1.68. The number of halogens is 2. The Labute approximate surface area is 187 Å². The van der Waals surface area contributed by atoms with E-state index in [9.17, 15) is 9.90 Å². The molecule has 0 saturated carbocycles. The highest BCUT2D eigenvalue weighted by Gasteiger charge is 2.24. The second-order valence-electron chi connectivity index (χ2n) is 7.00. The monoisotopic (exact) mass is 455 g/mol. The molecule has 0 aromatic heterocycles. The van der Waals surface area contributed by atoms with Gasteiger partial charge in [0.15, 0.2) is 0 Å². The molecule has 1 saturated heterocycles. The van der Waals surface area contributed by atoms with Crippen molar-refractivity contribution in [1.29, 1.82) is 0 Å². The SMILES string of the molecule is COc1ccccc1N1CC[NH+](CC(O)COC(=O)Nc2ccc(Cl)cc2)CC1.[Cl-]. The van der Waals surface area contributed by atoms with Crippen LogP contribution >= 0.6 is 11.6 Å². The van der Waals surface area contributed by atoms with E-state index in [1.165, 1.54) is 4.90 Å². The number of aliphatic hydroxyl groups excluding tert-OH is 1. The summed E-state index contributed by atoms with van der Waals surface area (Å²) in [6.45, 7) is 4.03. The first-order valence-corrected chi connectivity index (χ1v) is 10.0. The summed E-state index contributed by atoms with van der Waals surface area (Å²) in [5, 5.41) is 13.4. The Morgan fingerprint density at radius 3 is 2.53 bits per heavy atom. The number of nitrogens with one attached hydrogen (secondary N) is 2. The van der Waals surface area contributed by atoms with Crippen molar-refractivity contribution in [3.05, 3.63) is 53.6 Å². The molecule has 164 valence electrons. The van der Waals surface area contributed by atoms with Crippen molar-refractivity contribution in [2.24, 2.45) is 0 Å². The van der Waals surface area contributed by atoms with E-state index < -0.39 is 12.2 Å². The summed E-state index contributed by atoms with van der Waals surface area (Å²) >= 11 is 5.81. The molecule has 0 radical (unpaired) electrons. The fourth-order valence-electron chi connectivity index (χ4n) is 3.41. The maximum absolute atomic E-state index is 11.9. The molecular formula is C21H27Cl2N3O4. The number of rotatable bonds is 7. The number of para-hydroxylation sites is 2. The van der Waals surface area contributed by atoms with Gasteiger partial charge in [-0.3, -0.25) is 5.32 Å². The first kappa shape index (κ1) is 24.1. The molecule has 9 heteroatoms. The molecule has 0 aliphatic carbocycles. The van der Waals surface area contributed by atoms with Crippen LogP contribution in [0.4, 0.5) is 16.2 Å². The van der Waals surface area contributed by atoms with Gasteiger partial charge in [-0.1, -0.05) is 23.7 Å². The van der Waals surface area contributed by atoms with E-state index in [1.54, 1.807) is 31.4 Å². The number of quaternary nitrogens is 1. The molecule has 3 N–H and O–H groups in total. The number of nitrogens with zero attached hydrogens (tertiary/aromatic N) is 1. The summed E-state index contributed by atoms with van der Waals surface area (Å²) in [4.78, 5) is 15.4. The van der Waals surface area contributed by atoms with Gasteiger partial charge in [0.25, 0.3) is 0 Å². The third-order valence-electron chi connectivity index (χ3n) is 4.92. The lowest BCUT2D eigenvalue weighted by atomic mass is 10.2. The maximum atomic E-state index is 11.9. The second-order valence-corrected chi connectivity index (χ2v) is 7.43. The molecule has 2 aromatic carbocycles. The van der Waals surface area contributed by atoms with Gasteiger partial charge in [-0.2, -0.15) is 0 Å². The molecule has 0 spiro atoms. The molecule has 1 heterocycles. The van der Waals surface area contributed by atoms with Crippen molar-refractivity contribution in [2.45, 2.75) is 6.10 Å². The number of piperazine rings is 1. The molecule has 1 aliphatic heterocycles. The second kappa shape index (κ2) is 11.9. The number of anilines is 2. The summed E-state index contributed by atoms with van der Waals surface area (Å²) in [5.74, 6) is 0.871. The fourth-order valence-corrected chi connectivity index (χ4v) is 3.54. The van der Waals surface area contributed by atoms with Gasteiger partial charge < -0.3 is 36.8 Å². The highest BCUT2D eigenvalue weighted by atomic mass is 35.5. The predicted octanol–water partition coefficient (Wildman–Crippen LogP) is -1.33. The van der Waals surface area contributed by atoms with Crippen molar-refractivity contribution >= 4 is 29.1 Å². The maximum Gasteiger partial charge on any atom is 0.411 e. The first-order valence-electron chi connectivity index (χ1n) is 9.64. The average Bonchev–Trinajstić information content (AvgIpc) is 2.74. The van der Waals surface area contributed by atoms with Crippen LogP contribution in [0.15, 0.2) is 48.5 Å². The number of amides is 1. The van der Waals surface area contributed by atoms with Crippen LogP contribution in [0.2, 0.25) is 5.02 Å². The van der Waals surface area contributed by atoms with Gasteiger partial charge in [0.1, 0.15) is 25.0 Å². The molecule has 1 aliphatic rings. The standard InChI is InChI=1S/C21H26ClN3O4.ClH/c1-28-20-5-3-2-4-19(20)25-12-10-24(11-13-25)14-18(26)15-29-21(27)23-17-8-6-16(22)7-9-17;/h2-9,18,26H,10-15H2,1H3,(H,23,27);1H. The topological polar surface area (TPSA) is 75.5 Å². The lowest BCUT2D eigenvalue weighted by molar-refractivity contribution is -0.903. The smallest absolute Gasteiger partial charge is 0.411 e. The zero-order valence-corrected chi connectivity index (χ0v) is 18.3. The van der Waals surface area contributed by atoms with Crippen LogP contribution in [0.25, 0.3) is 0 Å². The van der Waals surface area contributed by atoms with Gasteiger partial charge in [0.2, 0.25) is 0 Å². The van der Waals surface area contributed by atoms with Crippen molar-refractivity contribution in [2.75, 3.05) is 56.7 Å². The highest BCUT2D eigenvalue weighted by molar-refractivity contribution is 6.30. The van der Waals surface area contributed by atoms with Crippen LogP contribution in [0.3, 0.4) is 0 Å². The number of carbonyl (C=O) groups is 1. The summed E-state index contributed by atoms with van der Waals surface area (Å²) < 4.78 is 10.6. The normalized spacial score (nSPS) is 15.1. The van der Waals surface area contributed by atoms with Crippen LogP contribution in [-0.2, 0) is 4.74 Å². The van der Waals surface area contributed by atoms with Gasteiger partial charge in [-0.05, 0) is 36.4 Å². The molecule has 3 rings (SSSR count). The van der Waals surface area contributed by atoms with Gasteiger partial charge >= 0.3 is 6.09 Å². The Morgan fingerprint density at radius 2 is 1.87 bits per heavy atom. The molecule has 1 atom stereocenters. The number of hydrogen-bond acceptors (Lipinski definition) is 5. The van der Waals surface area contributed by atoms with Crippen molar-refractivity contribution in [3.63, 3.8) is 0 Å². The minimum atomic E-state index is -0.709. The number of carbonyl (C=O) groups excluding carboxylic acids is 1. The quantitative estimate of drug-likeness (QED) is 0.482. The molecule has 30 heavy (non-hydrogen) atoms. The number of aliphatic hydroxyl groups is 1. The molecular weight excluding hydrogens is 429 g/mol. The molecule has 1 unspecified atom stereocenters. The molecule has 0 bridgehead atoms. The van der Waals surface area contributed by atoms with Gasteiger partial charge in [-0.15, -0.1) is 0 Å². The van der Waals surface area contributed by atoms with Crippen molar-refractivity contribution < 1.29 is 36.7 Å². The van der Waals surface area contributed by atoms with E-state index in [1.807, 2.05) is 18.2 Å². The zero-order valence-electron chi connectivity index (χ0n) is 16.8. The molecule has 1 fully saturated rings. The average molecular weight is 456 g/mol. The summed E-state index contributed by atoms with van der Waals surface area (Å²) in [7, 11) is 1.68. The van der Waals surface area contributed by atoms with Crippen molar-refractivity contribution in [3.8, 4) is 5.75 Å². The number of hydrogen-bond donors (Lipinski definition) is 3.